The first-order chi connectivity index (χ1) is 33.4. The largest absolute Gasteiger partial charge is 0.444 e. The average molecular weight is 1010 g/mol. The van der Waals surface area contributed by atoms with E-state index in [0.717, 1.165) is 83.7 Å². The number of nitrogens with two attached hydrogens (primary N) is 1. The number of carbonyl (C=O) groups is 6. The van der Waals surface area contributed by atoms with Gasteiger partial charge >= 0.3 is 18.3 Å². The number of Topliss-reactive ketones (excluding diaryl/α,β-unsaturated/α-hetero) is 2. The number of hydrogen-bond donors (Lipinski definition) is 5. The lowest BCUT2D eigenvalue weighted by Crippen LogP contribution is -2.53. The maximum Gasteiger partial charge on any atom is 0.410 e. The van der Waals surface area contributed by atoms with Gasteiger partial charge in [0.25, 0.3) is 0 Å². The fraction of sp³-hybridized carbons (Fsp3) is 0.873. The summed E-state index contributed by atoms with van der Waals surface area (Å²) in [7, 11) is 0. The molecule has 17 heteroatoms. The Kier molecular flexibility index (Phi) is 18.8. The first-order valence-electron chi connectivity index (χ1n) is 27.2. The van der Waals surface area contributed by atoms with E-state index in [1.54, 1.807) is 9.80 Å². The Labute approximate surface area is 429 Å². The molecule has 9 aliphatic rings. The summed E-state index contributed by atoms with van der Waals surface area (Å²) in [5, 5.41) is 19.9. The number of likely N-dealkylation sites (tertiary alicyclic amines) is 2. The SMILES string of the molecule is CC(C)(C)OC(=O)N1CCC[C@H]1CN.CC(C)(C)OC(=O)N1CCC[C@H]1CNC(=O)[C@]12CCC(CC1=O)C2(C)C.CC1(C)C2CC[C@@]1(C(=O)NC[C@@H]1CCCN1)C(O)C2.CC1(C)C2CC[C@H]1C(=O)C2.O=C=O. The van der Waals surface area contributed by atoms with Gasteiger partial charge in [0.2, 0.25) is 11.8 Å². The van der Waals surface area contributed by atoms with Gasteiger partial charge < -0.3 is 46.1 Å². The molecule has 3 aliphatic heterocycles. The summed E-state index contributed by atoms with van der Waals surface area (Å²) in [5.74, 6) is 2.49. The van der Waals surface area contributed by atoms with E-state index >= 15 is 0 Å². The second-order valence-corrected chi connectivity index (χ2v) is 26.0. The number of amides is 4. The van der Waals surface area contributed by atoms with Crippen LogP contribution in [0.2, 0.25) is 0 Å². The van der Waals surface area contributed by atoms with E-state index < -0.39 is 28.1 Å². The molecule has 6 bridgehead atoms. The summed E-state index contributed by atoms with van der Waals surface area (Å²) >= 11 is 0. The van der Waals surface area contributed by atoms with Crippen molar-refractivity contribution in [3.05, 3.63) is 0 Å². The third-order valence-corrected chi connectivity index (χ3v) is 18.9. The van der Waals surface area contributed by atoms with Crippen molar-refractivity contribution >= 4 is 41.7 Å². The van der Waals surface area contributed by atoms with Gasteiger partial charge in [-0.25, -0.2) is 9.59 Å². The number of fused-ring (bicyclic) bond motifs is 6. The zero-order valence-electron chi connectivity index (χ0n) is 46.0. The third kappa shape index (κ3) is 12.1. The highest BCUT2D eigenvalue weighted by Gasteiger charge is 2.69. The molecular weight excluding hydrogens is 921 g/mol. The van der Waals surface area contributed by atoms with Crippen LogP contribution < -0.4 is 21.7 Å². The van der Waals surface area contributed by atoms with E-state index in [2.05, 4.69) is 57.5 Å². The molecule has 0 aromatic carbocycles. The van der Waals surface area contributed by atoms with Crippen LogP contribution >= 0.6 is 0 Å². The van der Waals surface area contributed by atoms with Gasteiger partial charge in [-0.2, -0.15) is 9.59 Å². The van der Waals surface area contributed by atoms with Crippen molar-refractivity contribution in [2.75, 3.05) is 39.3 Å². The molecular formula is C55H92N6O11. The van der Waals surface area contributed by atoms with Gasteiger partial charge in [0, 0.05) is 63.6 Å². The predicted molar refractivity (Wildman–Crippen MR) is 271 cm³/mol. The molecule has 9 rings (SSSR count). The highest BCUT2D eigenvalue weighted by Crippen LogP contribution is 2.66. The number of nitrogens with one attached hydrogen (secondary N) is 3. The second-order valence-electron chi connectivity index (χ2n) is 26.0. The van der Waals surface area contributed by atoms with Crippen LogP contribution in [-0.2, 0) is 38.2 Å². The van der Waals surface area contributed by atoms with Crippen molar-refractivity contribution in [2.24, 2.45) is 56.5 Å². The van der Waals surface area contributed by atoms with Crippen molar-refractivity contribution in [2.45, 2.75) is 215 Å². The quantitative estimate of drug-likeness (QED) is 0.167. The normalized spacial score (nSPS) is 33.8. The number of aliphatic hydroxyl groups excluding tert-OH is 1. The van der Waals surface area contributed by atoms with E-state index in [9.17, 15) is 33.9 Å². The molecule has 17 nitrogen and oxygen atoms in total. The van der Waals surface area contributed by atoms with Gasteiger partial charge in [-0.05, 0) is 166 Å². The maximum atomic E-state index is 13.0. The molecule has 0 aromatic rings. The fourth-order valence-electron chi connectivity index (χ4n) is 14.3. The molecule has 0 aromatic heterocycles. The minimum atomic E-state index is -0.882. The van der Waals surface area contributed by atoms with E-state index in [-0.39, 0.29) is 58.8 Å². The van der Waals surface area contributed by atoms with E-state index in [1.165, 1.54) is 12.8 Å². The topological polar surface area (TPSA) is 244 Å². The molecule has 3 saturated heterocycles. The number of aliphatic hydroxyl groups is 1. The highest BCUT2D eigenvalue weighted by atomic mass is 16.6. The Morgan fingerprint density at radius 1 is 0.708 bits per heavy atom. The molecule has 9 fully saturated rings. The number of rotatable bonds is 7. The molecule has 72 heavy (non-hydrogen) atoms. The van der Waals surface area contributed by atoms with Gasteiger partial charge in [0.1, 0.15) is 28.2 Å². The van der Waals surface area contributed by atoms with Crippen LogP contribution in [0.5, 0.6) is 0 Å². The summed E-state index contributed by atoms with van der Waals surface area (Å²) in [5.41, 5.74) is 3.19. The molecule has 6 N–H and O–H groups in total. The van der Waals surface area contributed by atoms with Crippen molar-refractivity contribution in [1.82, 2.24) is 25.8 Å². The molecule has 3 heterocycles. The number of carbonyl (C=O) groups excluding carboxylic acids is 8. The second kappa shape index (κ2) is 22.9. The van der Waals surface area contributed by atoms with Crippen LogP contribution in [0.25, 0.3) is 0 Å². The van der Waals surface area contributed by atoms with Crippen molar-refractivity contribution in [3.8, 4) is 0 Å². The molecule has 6 aliphatic carbocycles. The molecule has 4 amide bonds. The Hall–Kier alpha value is -3.92. The standard InChI is InChI=1S/C20H32N2O4.C15H26N2O2.C10H20N2O2.C9H14O.CO2/c1-18(2,3)26-17(25)22-10-6-7-14(22)12-21-16(24)20-9-8-13(11-15(20)23)19(20,4)5;1-14(2)10-5-6-15(14,12(18)8-10)13(19)17-9-11-4-3-7-16-11;1-10(2,3)14-9(13)12-6-4-5-8(12)7-11;1-9(2)6-3-4-7(9)8(10)5-6;2-1-3/h13-14H,6-12H2,1-5H3,(H,21,24);10-12,16,18H,3-9H2,1-2H3,(H,17,19);8H,4-7,11H2,1-3H3;6-7H,3-5H2,1-2H3;/t13?,14-,20-;10?,11-,12?,15-;8-;6?,7-;/m0000./s1. The van der Waals surface area contributed by atoms with Crippen molar-refractivity contribution in [3.63, 3.8) is 0 Å². The Bertz CT molecular complexity index is 2000. The molecule has 10 atom stereocenters. The summed E-state index contributed by atoms with van der Waals surface area (Å²) in [4.78, 5) is 93.4. The maximum absolute atomic E-state index is 13.0. The monoisotopic (exact) mass is 1010 g/mol. The van der Waals surface area contributed by atoms with Gasteiger partial charge in [0.05, 0.1) is 17.6 Å². The third-order valence-electron chi connectivity index (χ3n) is 18.9. The van der Waals surface area contributed by atoms with E-state index in [0.29, 0.717) is 79.9 Å². The van der Waals surface area contributed by atoms with Crippen molar-refractivity contribution in [1.29, 1.82) is 0 Å². The first-order valence-corrected chi connectivity index (χ1v) is 27.2. The van der Waals surface area contributed by atoms with Gasteiger partial charge in [0.15, 0.2) is 0 Å². The van der Waals surface area contributed by atoms with Gasteiger partial charge in [-0.3, -0.25) is 19.2 Å². The molecule has 4 unspecified atom stereocenters. The zero-order valence-corrected chi connectivity index (χ0v) is 46.0. The van der Waals surface area contributed by atoms with Crippen LogP contribution in [0.15, 0.2) is 0 Å². The lowest BCUT2D eigenvalue weighted by atomic mass is 9.67. The number of ketones is 2. The van der Waals surface area contributed by atoms with E-state index in [4.69, 9.17) is 24.8 Å². The predicted octanol–water partition coefficient (Wildman–Crippen LogP) is 6.71. The Morgan fingerprint density at radius 3 is 1.67 bits per heavy atom. The Morgan fingerprint density at radius 2 is 1.26 bits per heavy atom. The van der Waals surface area contributed by atoms with Gasteiger partial charge in [-0.15, -0.1) is 0 Å². The van der Waals surface area contributed by atoms with E-state index in [1.807, 2.05) is 41.5 Å². The van der Waals surface area contributed by atoms with Crippen LogP contribution in [0.4, 0.5) is 9.59 Å². The van der Waals surface area contributed by atoms with Crippen LogP contribution in [-0.4, -0.2) is 131 Å². The van der Waals surface area contributed by atoms with Crippen LogP contribution in [0.1, 0.15) is 179 Å². The molecule has 408 valence electrons. The lowest BCUT2D eigenvalue weighted by molar-refractivity contribution is -0.191. The highest BCUT2D eigenvalue weighted by molar-refractivity contribution is 6.09. The first kappa shape index (κ1) is 59.0. The number of hydrogen-bond acceptors (Lipinski definition) is 13. The van der Waals surface area contributed by atoms with Crippen molar-refractivity contribution < 1.29 is 52.9 Å². The minimum Gasteiger partial charge on any atom is -0.444 e. The summed E-state index contributed by atoms with van der Waals surface area (Å²) in [6, 6.07) is 0.520. The summed E-state index contributed by atoms with van der Waals surface area (Å²) < 4.78 is 10.8. The molecule has 0 spiro atoms. The smallest absolute Gasteiger partial charge is 0.410 e. The zero-order chi connectivity index (χ0) is 53.8. The fourth-order valence-corrected chi connectivity index (χ4v) is 14.3. The number of ether oxygens (including phenoxy) is 2. The molecule has 0 radical (unpaired) electrons. The summed E-state index contributed by atoms with van der Waals surface area (Å²) in [6.45, 7) is 28.2. The van der Waals surface area contributed by atoms with Crippen LogP contribution in [0, 0.1) is 50.7 Å². The van der Waals surface area contributed by atoms with Gasteiger partial charge in [-0.1, -0.05) is 41.5 Å². The summed E-state index contributed by atoms with van der Waals surface area (Å²) in [6.07, 6.45) is 13.5. The lowest BCUT2D eigenvalue weighted by Gasteiger charge is -2.39. The Balaban J connectivity index is 0.000000184. The number of nitrogens with zero attached hydrogens (tertiary/aromatic N) is 2. The molecule has 6 saturated carbocycles. The van der Waals surface area contributed by atoms with Crippen LogP contribution in [0.3, 0.4) is 0 Å². The average Bonchev–Trinajstić information content (AvgIpc) is 4.18. The minimum absolute atomic E-state index is 0.0676.